The largest absolute Gasteiger partial charge is 0.409 e. The second-order valence-corrected chi connectivity index (χ2v) is 3.67. The smallest absolute Gasteiger partial charge is 0.250 e. The quantitative estimate of drug-likeness (QED) is 0.315. The molecule has 4 N–H and O–H groups in total. The van der Waals surface area contributed by atoms with Crippen LogP contribution in [0.25, 0.3) is 0 Å². The van der Waals surface area contributed by atoms with Crippen molar-refractivity contribution < 1.29 is 14.7 Å². The number of nitrogens with one attached hydrogen (secondary N) is 1. The van der Waals surface area contributed by atoms with E-state index in [9.17, 15) is 4.79 Å². The van der Waals surface area contributed by atoms with Crippen LogP contribution >= 0.6 is 0 Å². The summed E-state index contributed by atoms with van der Waals surface area (Å²) in [6.07, 6.45) is 0. The maximum absolute atomic E-state index is 11.6. The maximum atomic E-state index is 11.6. The Hall–Kier alpha value is -2.08. The summed E-state index contributed by atoms with van der Waals surface area (Å²) in [6, 6.07) is 5.27. The summed E-state index contributed by atoms with van der Waals surface area (Å²) in [7, 11) is 0. The number of rotatable bonds is 5. The number of hydrogen-bond donors (Lipinski definition) is 3. The Kier molecular flexibility index (Phi) is 5.13. The van der Waals surface area contributed by atoms with Gasteiger partial charge in [0.15, 0.2) is 5.84 Å². The molecule has 98 valence electrons. The molecule has 0 aliphatic rings. The molecule has 6 heteroatoms. The molecule has 1 amide bonds. The molecular formula is C12H17N3O3. The van der Waals surface area contributed by atoms with Gasteiger partial charge in [0.1, 0.15) is 6.61 Å². The van der Waals surface area contributed by atoms with Gasteiger partial charge in [-0.05, 0) is 25.5 Å². The predicted octanol–water partition coefficient (Wildman–Crippen LogP) is 1.06. The van der Waals surface area contributed by atoms with E-state index >= 15 is 0 Å². The number of ether oxygens (including phenoxy) is 1. The minimum absolute atomic E-state index is 0.0277. The van der Waals surface area contributed by atoms with Crippen LogP contribution in [0.4, 0.5) is 5.69 Å². The molecule has 6 nitrogen and oxygen atoms in total. The normalized spacial score (nSPS) is 11.3. The highest BCUT2D eigenvalue weighted by Gasteiger charge is 2.12. The summed E-state index contributed by atoms with van der Waals surface area (Å²) < 4.78 is 5.00. The fourth-order valence-electron chi connectivity index (χ4n) is 1.54. The van der Waals surface area contributed by atoms with Gasteiger partial charge in [0.05, 0.1) is 5.69 Å². The minimum Gasteiger partial charge on any atom is -0.409 e. The number of anilines is 1. The van der Waals surface area contributed by atoms with Crippen LogP contribution in [-0.4, -0.2) is 30.2 Å². The molecule has 0 aromatic heterocycles. The highest BCUT2D eigenvalue weighted by Crippen LogP contribution is 2.19. The molecule has 0 saturated heterocycles. The highest BCUT2D eigenvalue weighted by molar-refractivity contribution is 6.06. The molecule has 0 atom stereocenters. The van der Waals surface area contributed by atoms with E-state index in [0.717, 1.165) is 5.56 Å². The van der Waals surface area contributed by atoms with Gasteiger partial charge in [0.25, 0.3) is 0 Å². The van der Waals surface area contributed by atoms with E-state index < -0.39 is 0 Å². The number of carbonyl (C=O) groups excluding carboxylic acids is 1. The molecule has 0 fully saturated rings. The number of aryl methyl sites for hydroxylation is 1. The van der Waals surface area contributed by atoms with E-state index in [1.807, 2.05) is 19.9 Å². The number of benzene rings is 1. The number of amidine groups is 1. The van der Waals surface area contributed by atoms with Gasteiger partial charge in [-0.25, -0.2) is 0 Å². The van der Waals surface area contributed by atoms with Crippen molar-refractivity contribution in [3.05, 3.63) is 29.3 Å². The molecule has 1 aromatic rings. The van der Waals surface area contributed by atoms with E-state index in [2.05, 4.69) is 10.5 Å². The summed E-state index contributed by atoms with van der Waals surface area (Å²) in [5, 5.41) is 14.4. The van der Waals surface area contributed by atoms with E-state index in [1.54, 1.807) is 12.1 Å². The summed E-state index contributed by atoms with van der Waals surface area (Å²) in [4.78, 5) is 11.6. The van der Waals surface area contributed by atoms with Crippen molar-refractivity contribution in [1.29, 1.82) is 0 Å². The molecule has 0 unspecified atom stereocenters. The number of amides is 1. The summed E-state index contributed by atoms with van der Waals surface area (Å²) in [5.74, 6) is -0.325. The lowest BCUT2D eigenvalue weighted by Gasteiger charge is -2.12. The van der Waals surface area contributed by atoms with Crippen LogP contribution < -0.4 is 11.1 Å². The molecule has 0 aliphatic carbocycles. The zero-order valence-corrected chi connectivity index (χ0v) is 10.4. The highest BCUT2D eigenvalue weighted by atomic mass is 16.5. The van der Waals surface area contributed by atoms with Gasteiger partial charge in [-0.15, -0.1) is 0 Å². The van der Waals surface area contributed by atoms with Crippen molar-refractivity contribution in [2.24, 2.45) is 10.9 Å². The molecular weight excluding hydrogens is 234 g/mol. The Bertz CT molecular complexity index is 458. The third-order valence-corrected chi connectivity index (χ3v) is 2.35. The number of nitrogens with two attached hydrogens (primary N) is 1. The van der Waals surface area contributed by atoms with Gasteiger partial charge in [-0.3, -0.25) is 4.79 Å². The molecule has 0 saturated carbocycles. The minimum atomic E-state index is -0.283. The number of nitrogens with zero attached hydrogens (tertiary/aromatic N) is 1. The van der Waals surface area contributed by atoms with Crippen molar-refractivity contribution in [1.82, 2.24) is 0 Å². The summed E-state index contributed by atoms with van der Waals surface area (Å²) >= 11 is 0. The molecule has 0 spiro atoms. The Balaban J connectivity index is 2.95. The van der Waals surface area contributed by atoms with Crippen molar-refractivity contribution in [3.63, 3.8) is 0 Å². The Labute approximate surface area is 105 Å². The third-order valence-electron chi connectivity index (χ3n) is 2.35. The van der Waals surface area contributed by atoms with Gasteiger partial charge in [-0.2, -0.15) is 0 Å². The second kappa shape index (κ2) is 6.61. The Morgan fingerprint density at radius 2 is 2.28 bits per heavy atom. The lowest BCUT2D eigenvalue weighted by molar-refractivity contribution is -0.120. The lowest BCUT2D eigenvalue weighted by atomic mass is 10.1. The number of hydrogen-bond acceptors (Lipinski definition) is 4. The zero-order chi connectivity index (χ0) is 13.5. The van der Waals surface area contributed by atoms with Crippen LogP contribution in [0.15, 0.2) is 23.4 Å². The fourth-order valence-corrected chi connectivity index (χ4v) is 1.54. The van der Waals surface area contributed by atoms with Crippen LogP contribution in [0, 0.1) is 6.92 Å². The van der Waals surface area contributed by atoms with Crippen LogP contribution in [-0.2, 0) is 9.53 Å². The molecule has 1 rings (SSSR count). The molecule has 0 heterocycles. The molecule has 0 bridgehead atoms. The van der Waals surface area contributed by atoms with Gasteiger partial charge in [0.2, 0.25) is 5.91 Å². The van der Waals surface area contributed by atoms with E-state index in [1.165, 1.54) is 0 Å². The maximum Gasteiger partial charge on any atom is 0.250 e. The topological polar surface area (TPSA) is 96.9 Å². The van der Waals surface area contributed by atoms with Crippen LogP contribution in [0.2, 0.25) is 0 Å². The monoisotopic (exact) mass is 251 g/mol. The number of carbonyl (C=O) groups is 1. The first-order valence-electron chi connectivity index (χ1n) is 5.55. The Morgan fingerprint density at radius 3 is 2.89 bits per heavy atom. The SMILES string of the molecule is CCOCC(=O)Nc1cccc(C)c1/C(N)=N/O. The summed E-state index contributed by atoms with van der Waals surface area (Å²) in [5.41, 5.74) is 7.39. The van der Waals surface area contributed by atoms with Crippen molar-refractivity contribution in [2.45, 2.75) is 13.8 Å². The average Bonchev–Trinajstić information content (AvgIpc) is 2.35. The first-order chi connectivity index (χ1) is 8.60. The average molecular weight is 251 g/mol. The lowest BCUT2D eigenvalue weighted by Crippen LogP contribution is -2.22. The Morgan fingerprint density at radius 1 is 1.56 bits per heavy atom. The molecule has 18 heavy (non-hydrogen) atoms. The molecule has 1 aromatic carbocycles. The van der Waals surface area contributed by atoms with Crippen molar-refractivity contribution in [2.75, 3.05) is 18.5 Å². The van der Waals surface area contributed by atoms with Crippen LogP contribution in [0.5, 0.6) is 0 Å². The van der Waals surface area contributed by atoms with Crippen molar-refractivity contribution >= 4 is 17.4 Å². The van der Waals surface area contributed by atoms with E-state index in [0.29, 0.717) is 17.9 Å². The second-order valence-electron chi connectivity index (χ2n) is 3.67. The predicted molar refractivity (Wildman–Crippen MR) is 68.8 cm³/mol. The summed E-state index contributed by atoms with van der Waals surface area (Å²) in [6.45, 7) is 4.06. The van der Waals surface area contributed by atoms with E-state index in [-0.39, 0.29) is 18.3 Å². The third kappa shape index (κ3) is 3.46. The van der Waals surface area contributed by atoms with Crippen LogP contribution in [0.3, 0.4) is 0 Å². The van der Waals surface area contributed by atoms with Gasteiger partial charge < -0.3 is 21.0 Å². The first-order valence-corrected chi connectivity index (χ1v) is 5.55. The number of oxime groups is 1. The van der Waals surface area contributed by atoms with E-state index in [4.69, 9.17) is 15.7 Å². The zero-order valence-electron chi connectivity index (χ0n) is 10.4. The van der Waals surface area contributed by atoms with Gasteiger partial charge >= 0.3 is 0 Å². The fraction of sp³-hybridized carbons (Fsp3) is 0.333. The molecule has 0 aliphatic heterocycles. The first kappa shape index (κ1) is 14.0. The van der Waals surface area contributed by atoms with Gasteiger partial charge in [-0.1, -0.05) is 17.3 Å². The van der Waals surface area contributed by atoms with Gasteiger partial charge in [0, 0.05) is 12.2 Å². The van der Waals surface area contributed by atoms with Crippen molar-refractivity contribution in [3.8, 4) is 0 Å². The van der Waals surface area contributed by atoms with Crippen LogP contribution in [0.1, 0.15) is 18.1 Å². The standard InChI is InChI=1S/C12H17N3O3/c1-3-18-7-10(16)14-9-6-4-5-8(2)11(9)12(13)15-17/h4-6,17H,3,7H2,1-2H3,(H2,13,15)(H,14,16). The molecule has 0 radical (unpaired) electrons.